The van der Waals surface area contributed by atoms with Gasteiger partial charge < -0.3 is 24.7 Å². The normalized spacial score (nSPS) is 14.9. The molecule has 1 aliphatic heterocycles. The first-order chi connectivity index (χ1) is 15.9. The Morgan fingerprint density at radius 1 is 1.12 bits per heavy atom. The number of nitrogens with one attached hydrogen (secondary N) is 2. The van der Waals surface area contributed by atoms with E-state index in [1.807, 2.05) is 0 Å². The third kappa shape index (κ3) is 5.49. The van der Waals surface area contributed by atoms with Gasteiger partial charge in [-0.15, -0.1) is 0 Å². The van der Waals surface area contributed by atoms with E-state index in [-0.39, 0.29) is 23.3 Å². The number of pyridine rings is 1. The Morgan fingerprint density at radius 3 is 2.47 bits per heavy atom. The van der Waals surface area contributed by atoms with Gasteiger partial charge in [-0.2, -0.15) is 13.4 Å². The summed E-state index contributed by atoms with van der Waals surface area (Å²) >= 11 is 0. The quantitative estimate of drug-likeness (QED) is 0.343. The van der Waals surface area contributed by atoms with Crippen LogP contribution in [0.3, 0.4) is 0 Å². The monoisotopic (exact) mass is 510 g/mol. The number of hydrogen-bond acceptors (Lipinski definition) is 9. The molecule has 0 aliphatic carbocycles. The lowest BCUT2D eigenvalue weighted by molar-refractivity contribution is 0.0741. The van der Waals surface area contributed by atoms with E-state index in [2.05, 4.69) is 18.9 Å². The van der Waals surface area contributed by atoms with Gasteiger partial charge in [-0.25, -0.2) is 8.42 Å². The van der Waals surface area contributed by atoms with Crippen LogP contribution < -0.4 is 19.5 Å². The van der Waals surface area contributed by atoms with Gasteiger partial charge in [0.15, 0.2) is 5.82 Å². The predicted octanol–water partition coefficient (Wildman–Crippen LogP) is 0.661. The third-order valence-corrected chi connectivity index (χ3v) is 6.08. The number of piperazine rings is 1. The number of aromatic amines is 1. The summed E-state index contributed by atoms with van der Waals surface area (Å²) in [4.78, 5) is 23.5. The molecule has 1 aromatic carbocycles. The van der Waals surface area contributed by atoms with Crippen molar-refractivity contribution >= 4 is 54.4 Å². The number of rotatable bonds is 6. The molecular weight excluding hydrogens is 488 g/mol. The predicted molar refractivity (Wildman–Crippen MR) is 126 cm³/mol. The fraction of sp³-hybridized carbons (Fsp3) is 0.263. The number of anilines is 3. The summed E-state index contributed by atoms with van der Waals surface area (Å²) < 4.78 is 60.4. The molecule has 2 aromatic heterocycles. The van der Waals surface area contributed by atoms with Gasteiger partial charge in [-0.3, -0.25) is 14.1 Å². The first kappa shape index (κ1) is 23.6. The molecule has 1 aliphatic rings. The molecule has 1 saturated heterocycles. The fourth-order valence-corrected chi connectivity index (χ4v) is 4.53. The van der Waals surface area contributed by atoms with Crippen LogP contribution in [-0.2, 0) is 20.4 Å². The molecule has 15 heteroatoms. The average molecular weight is 511 g/mol. The molecule has 34 heavy (non-hydrogen) atoms. The molecule has 0 saturated carbocycles. The largest absolute Gasteiger partial charge is 0.447 e. The van der Waals surface area contributed by atoms with Crippen LogP contribution in [0.1, 0.15) is 10.5 Å². The van der Waals surface area contributed by atoms with E-state index in [1.165, 1.54) is 12.1 Å². The molecule has 4 rings (SSSR count). The minimum absolute atomic E-state index is 0.224. The van der Waals surface area contributed by atoms with E-state index in [0.29, 0.717) is 48.5 Å². The van der Waals surface area contributed by atoms with E-state index in [0.717, 1.165) is 6.26 Å². The number of nitrogens with zero attached hydrogens (tertiary/aromatic N) is 3. The molecule has 3 heterocycles. The van der Waals surface area contributed by atoms with Crippen LogP contribution >= 0.6 is 0 Å². The van der Waals surface area contributed by atoms with Crippen LogP contribution in [0.2, 0.25) is 0 Å². The lowest BCUT2D eigenvalue weighted by Crippen LogP contribution is -2.49. The van der Waals surface area contributed by atoms with Gasteiger partial charge in [0, 0.05) is 48.8 Å². The van der Waals surface area contributed by atoms with Crippen molar-refractivity contribution in [3.05, 3.63) is 42.1 Å². The van der Waals surface area contributed by atoms with Gasteiger partial charge in [0.1, 0.15) is 5.69 Å². The summed E-state index contributed by atoms with van der Waals surface area (Å²) in [6.07, 6.45) is 1.06. The number of benzene rings is 1. The minimum Gasteiger partial charge on any atom is -0.396 e. The standard InChI is InChI=1S/C19H22N6O7S2/c1-33(27,28)23-13-2-4-15-12(10-13)11-16(21-15)19(26)25-8-6-24(7-9-25)18-14(20)3-5-17(22-18)32-34(29,30)31/h2-5,10-11,21,23H,6-9,20H2,1H3,(H,29,30,31). The summed E-state index contributed by atoms with van der Waals surface area (Å²) in [5.41, 5.74) is 7.70. The van der Waals surface area contributed by atoms with Crippen LogP contribution in [-0.4, -0.2) is 74.6 Å². The lowest BCUT2D eigenvalue weighted by atomic mass is 10.2. The van der Waals surface area contributed by atoms with Gasteiger partial charge in [-0.05, 0) is 30.3 Å². The Kier molecular flexibility index (Phi) is 6.01. The van der Waals surface area contributed by atoms with E-state index in [4.69, 9.17) is 10.3 Å². The van der Waals surface area contributed by atoms with E-state index >= 15 is 0 Å². The number of fused-ring (bicyclic) bond motifs is 1. The molecule has 5 N–H and O–H groups in total. The molecular formula is C19H22N6O7S2. The number of amides is 1. The zero-order valence-electron chi connectivity index (χ0n) is 17.9. The Labute approximate surface area is 195 Å². The van der Waals surface area contributed by atoms with Crippen molar-refractivity contribution in [1.29, 1.82) is 0 Å². The highest BCUT2D eigenvalue weighted by molar-refractivity contribution is 7.92. The number of sulfonamides is 1. The first-order valence-electron chi connectivity index (χ1n) is 9.96. The van der Waals surface area contributed by atoms with Gasteiger partial charge >= 0.3 is 10.4 Å². The van der Waals surface area contributed by atoms with E-state index in [1.54, 1.807) is 34.1 Å². The number of aromatic nitrogens is 2. The number of nitrogens with two attached hydrogens (primary N) is 1. The minimum atomic E-state index is -4.72. The molecule has 0 spiro atoms. The molecule has 0 unspecified atom stereocenters. The molecule has 182 valence electrons. The fourth-order valence-electron chi connectivity index (χ4n) is 3.67. The zero-order chi connectivity index (χ0) is 24.7. The van der Waals surface area contributed by atoms with Crippen molar-refractivity contribution in [2.24, 2.45) is 0 Å². The molecule has 1 amide bonds. The van der Waals surface area contributed by atoms with E-state index < -0.39 is 20.4 Å². The number of hydrogen-bond donors (Lipinski definition) is 4. The molecule has 0 atom stereocenters. The topological polar surface area (TPSA) is 188 Å². The molecule has 3 aromatic rings. The van der Waals surface area contributed by atoms with Crippen LogP contribution in [0.4, 0.5) is 17.2 Å². The molecule has 0 bridgehead atoms. The van der Waals surface area contributed by atoms with Crippen LogP contribution in [0, 0.1) is 0 Å². The van der Waals surface area contributed by atoms with Gasteiger partial charge in [0.05, 0.1) is 11.9 Å². The number of H-pyrrole nitrogens is 1. The first-order valence-corrected chi connectivity index (χ1v) is 13.2. The summed E-state index contributed by atoms with van der Waals surface area (Å²) in [5, 5.41) is 0.684. The van der Waals surface area contributed by atoms with Crippen molar-refractivity contribution in [2.75, 3.05) is 47.8 Å². The Balaban J connectivity index is 1.46. The average Bonchev–Trinajstić information content (AvgIpc) is 3.16. The summed E-state index contributed by atoms with van der Waals surface area (Å²) in [6.45, 7) is 1.45. The van der Waals surface area contributed by atoms with E-state index in [9.17, 15) is 21.6 Å². The SMILES string of the molecule is CS(=O)(=O)Nc1ccc2[nH]c(C(=O)N3CCN(c4nc(OS(=O)(=O)O)ccc4N)CC3)cc2c1. The van der Waals surface area contributed by atoms with Crippen molar-refractivity contribution in [3.8, 4) is 5.88 Å². The van der Waals surface area contributed by atoms with Crippen molar-refractivity contribution < 1.29 is 30.4 Å². The highest BCUT2D eigenvalue weighted by Crippen LogP contribution is 2.26. The Bertz CT molecular complexity index is 1460. The molecule has 0 radical (unpaired) electrons. The molecule has 13 nitrogen and oxygen atoms in total. The van der Waals surface area contributed by atoms with Crippen molar-refractivity contribution in [3.63, 3.8) is 0 Å². The number of nitrogen functional groups attached to an aromatic ring is 1. The second-order valence-electron chi connectivity index (χ2n) is 7.71. The Hall–Kier alpha value is -3.56. The van der Waals surface area contributed by atoms with Crippen LogP contribution in [0.15, 0.2) is 36.4 Å². The maximum atomic E-state index is 13.0. The summed E-state index contributed by atoms with van der Waals surface area (Å²) in [6, 6.07) is 9.22. The smallest absolute Gasteiger partial charge is 0.396 e. The Morgan fingerprint density at radius 2 is 1.82 bits per heavy atom. The van der Waals surface area contributed by atoms with Crippen molar-refractivity contribution in [1.82, 2.24) is 14.9 Å². The summed E-state index contributed by atoms with van der Waals surface area (Å²) in [7, 11) is -8.14. The second kappa shape index (κ2) is 8.66. The number of carbonyl (C=O) groups excluding carboxylic acids is 1. The number of carbonyl (C=O) groups is 1. The van der Waals surface area contributed by atoms with Crippen molar-refractivity contribution in [2.45, 2.75) is 0 Å². The highest BCUT2D eigenvalue weighted by Gasteiger charge is 2.25. The highest BCUT2D eigenvalue weighted by atomic mass is 32.3. The van der Waals surface area contributed by atoms with Gasteiger partial charge in [0.25, 0.3) is 5.91 Å². The maximum Gasteiger partial charge on any atom is 0.447 e. The van der Waals surface area contributed by atoms with Gasteiger partial charge in [-0.1, -0.05) is 0 Å². The maximum absolute atomic E-state index is 13.0. The summed E-state index contributed by atoms with van der Waals surface area (Å²) in [5.74, 6) is -0.268. The lowest BCUT2D eigenvalue weighted by Gasteiger charge is -2.35. The zero-order valence-corrected chi connectivity index (χ0v) is 19.6. The van der Waals surface area contributed by atoms with Gasteiger partial charge in [0.2, 0.25) is 15.9 Å². The van der Waals surface area contributed by atoms with Crippen LogP contribution in [0.5, 0.6) is 5.88 Å². The van der Waals surface area contributed by atoms with Crippen LogP contribution in [0.25, 0.3) is 10.9 Å². The molecule has 1 fully saturated rings. The second-order valence-corrected chi connectivity index (χ2v) is 10.5. The third-order valence-electron chi connectivity index (χ3n) is 5.09.